The molecule has 1 heterocycles. The molecule has 0 radical (unpaired) electrons. The average Bonchev–Trinajstić information content (AvgIpc) is 2.90. The molecule has 0 spiro atoms. The van der Waals surface area contributed by atoms with Crippen molar-refractivity contribution >= 4 is 5.82 Å². The molecule has 0 aromatic carbocycles. The maximum Gasteiger partial charge on any atom is 0.134 e. The lowest BCUT2D eigenvalue weighted by Gasteiger charge is -2.15. The maximum atomic E-state index is 4.83. The molecule has 2 atom stereocenters. The van der Waals surface area contributed by atoms with E-state index in [0.29, 0.717) is 5.92 Å². The highest BCUT2D eigenvalue weighted by molar-refractivity contribution is 5.46. The Bertz CT molecular complexity index is 428. The predicted molar refractivity (Wildman–Crippen MR) is 80.7 cm³/mol. The predicted octanol–water partition coefficient (Wildman–Crippen LogP) is 4.07. The van der Waals surface area contributed by atoms with Gasteiger partial charge in [-0.25, -0.2) is 9.97 Å². The van der Waals surface area contributed by atoms with Gasteiger partial charge in [0.1, 0.15) is 11.6 Å². The van der Waals surface area contributed by atoms with Gasteiger partial charge in [-0.2, -0.15) is 0 Å². The molecule has 3 heteroatoms. The number of anilines is 1. The van der Waals surface area contributed by atoms with E-state index < -0.39 is 0 Å². The second kappa shape index (κ2) is 6.36. The Morgan fingerprint density at radius 3 is 2.53 bits per heavy atom. The molecule has 1 aliphatic rings. The van der Waals surface area contributed by atoms with Crippen LogP contribution in [-0.4, -0.2) is 16.5 Å². The van der Waals surface area contributed by atoms with Crippen LogP contribution in [0.5, 0.6) is 0 Å². The van der Waals surface area contributed by atoms with Crippen molar-refractivity contribution < 1.29 is 0 Å². The molecule has 2 unspecified atom stereocenters. The van der Waals surface area contributed by atoms with Gasteiger partial charge in [0.05, 0.1) is 0 Å². The van der Waals surface area contributed by atoms with Crippen LogP contribution >= 0.6 is 0 Å². The molecule has 2 rings (SSSR count). The van der Waals surface area contributed by atoms with Crippen LogP contribution in [0.1, 0.15) is 69.5 Å². The normalized spacial score (nSPS) is 22.7. The van der Waals surface area contributed by atoms with Crippen LogP contribution in [0.2, 0.25) is 0 Å². The van der Waals surface area contributed by atoms with E-state index in [-0.39, 0.29) is 0 Å². The molecule has 0 amide bonds. The van der Waals surface area contributed by atoms with Gasteiger partial charge in [-0.1, -0.05) is 20.3 Å². The van der Waals surface area contributed by atoms with Gasteiger partial charge in [0.2, 0.25) is 0 Å². The molecule has 0 saturated heterocycles. The van der Waals surface area contributed by atoms with Crippen LogP contribution in [0.4, 0.5) is 5.82 Å². The summed E-state index contributed by atoms with van der Waals surface area (Å²) >= 11 is 0. The minimum atomic E-state index is 0.577. The molecule has 1 aliphatic carbocycles. The van der Waals surface area contributed by atoms with Gasteiger partial charge in [0.25, 0.3) is 0 Å². The number of rotatable bonds is 5. The number of aryl methyl sites for hydroxylation is 1. The Labute approximate surface area is 117 Å². The Kier molecular flexibility index (Phi) is 4.78. The second-order valence-corrected chi connectivity index (χ2v) is 5.67. The van der Waals surface area contributed by atoms with Gasteiger partial charge in [-0.05, 0) is 45.4 Å². The topological polar surface area (TPSA) is 37.8 Å². The average molecular weight is 261 g/mol. The third kappa shape index (κ3) is 3.07. The van der Waals surface area contributed by atoms with Crippen LogP contribution in [0.15, 0.2) is 0 Å². The third-order valence-corrected chi connectivity index (χ3v) is 4.43. The molecule has 1 fully saturated rings. The van der Waals surface area contributed by atoms with E-state index >= 15 is 0 Å². The lowest BCUT2D eigenvalue weighted by Crippen LogP contribution is -2.11. The van der Waals surface area contributed by atoms with Crippen molar-refractivity contribution in [3.8, 4) is 0 Å². The van der Waals surface area contributed by atoms with Gasteiger partial charge in [-0.3, -0.25) is 0 Å². The minimum Gasteiger partial charge on any atom is -0.370 e. The fraction of sp³-hybridized carbons (Fsp3) is 0.750. The summed E-state index contributed by atoms with van der Waals surface area (Å²) in [4.78, 5) is 9.63. The van der Waals surface area contributed by atoms with Crippen molar-refractivity contribution in [1.82, 2.24) is 9.97 Å². The van der Waals surface area contributed by atoms with E-state index in [1.807, 2.05) is 0 Å². The Morgan fingerprint density at radius 2 is 1.95 bits per heavy atom. The van der Waals surface area contributed by atoms with Crippen LogP contribution in [0, 0.1) is 12.8 Å². The van der Waals surface area contributed by atoms with E-state index in [2.05, 4.69) is 33.0 Å². The van der Waals surface area contributed by atoms with Crippen molar-refractivity contribution in [2.45, 2.75) is 65.7 Å². The summed E-state index contributed by atoms with van der Waals surface area (Å²) in [6.45, 7) is 9.64. The zero-order chi connectivity index (χ0) is 13.8. The highest BCUT2D eigenvalue weighted by Crippen LogP contribution is 2.38. The molecule has 1 aromatic heterocycles. The summed E-state index contributed by atoms with van der Waals surface area (Å²) in [5.74, 6) is 3.58. The maximum absolute atomic E-state index is 4.83. The molecule has 1 saturated carbocycles. The van der Waals surface area contributed by atoms with Crippen LogP contribution in [0.3, 0.4) is 0 Å². The van der Waals surface area contributed by atoms with E-state index in [0.717, 1.165) is 30.5 Å². The van der Waals surface area contributed by atoms with E-state index in [9.17, 15) is 0 Å². The second-order valence-electron chi connectivity index (χ2n) is 5.67. The fourth-order valence-corrected chi connectivity index (χ4v) is 3.13. The fourth-order valence-electron chi connectivity index (χ4n) is 3.13. The highest BCUT2D eigenvalue weighted by atomic mass is 15.0. The number of nitrogens with zero attached hydrogens (tertiary/aromatic N) is 2. The van der Waals surface area contributed by atoms with Crippen LogP contribution in [0.25, 0.3) is 0 Å². The molecule has 19 heavy (non-hydrogen) atoms. The van der Waals surface area contributed by atoms with Gasteiger partial charge >= 0.3 is 0 Å². The number of aromatic nitrogens is 2. The standard InChI is InChI=1S/C16H27N3/c1-5-12-8-9-13(10-12)16-18-14(6-2)11(4)15(19-16)17-7-3/h12-13H,5-10H2,1-4H3,(H,17,18,19). The van der Waals surface area contributed by atoms with Crippen molar-refractivity contribution in [2.24, 2.45) is 5.92 Å². The Morgan fingerprint density at radius 1 is 1.16 bits per heavy atom. The van der Waals surface area contributed by atoms with Crippen LogP contribution < -0.4 is 5.32 Å². The molecule has 106 valence electrons. The van der Waals surface area contributed by atoms with Crippen molar-refractivity contribution in [1.29, 1.82) is 0 Å². The quantitative estimate of drug-likeness (QED) is 0.868. The highest BCUT2D eigenvalue weighted by Gasteiger charge is 2.27. The molecule has 0 aliphatic heterocycles. The Hall–Kier alpha value is -1.12. The number of hydrogen-bond donors (Lipinski definition) is 1. The first-order valence-electron chi connectivity index (χ1n) is 7.80. The molecule has 3 nitrogen and oxygen atoms in total. The zero-order valence-electron chi connectivity index (χ0n) is 12.8. The molecule has 1 aromatic rings. The monoisotopic (exact) mass is 261 g/mol. The first-order valence-corrected chi connectivity index (χ1v) is 7.80. The van der Waals surface area contributed by atoms with Crippen molar-refractivity contribution in [2.75, 3.05) is 11.9 Å². The minimum absolute atomic E-state index is 0.577. The third-order valence-electron chi connectivity index (χ3n) is 4.43. The van der Waals surface area contributed by atoms with Gasteiger partial charge in [0, 0.05) is 23.7 Å². The lowest BCUT2D eigenvalue weighted by atomic mass is 10.0. The number of nitrogens with one attached hydrogen (secondary N) is 1. The molecule has 1 N–H and O–H groups in total. The first kappa shape index (κ1) is 14.3. The van der Waals surface area contributed by atoms with Gasteiger partial charge < -0.3 is 5.32 Å². The summed E-state index contributed by atoms with van der Waals surface area (Å²) in [5, 5.41) is 3.39. The summed E-state index contributed by atoms with van der Waals surface area (Å²) in [5.41, 5.74) is 2.43. The summed E-state index contributed by atoms with van der Waals surface area (Å²) < 4.78 is 0. The van der Waals surface area contributed by atoms with E-state index in [1.54, 1.807) is 0 Å². The summed E-state index contributed by atoms with van der Waals surface area (Å²) in [6.07, 6.45) is 6.16. The van der Waals surface area contributed by atoms with Gasteiger partial charge in [0.15, 0.2) is 0 Å². The zero-order valence-corrected chi connectivity index (χ0v) is 12.8. The lowest BCUT2D eigenvalue weighted by molar-refractivity contribution is 0.516. The van der Waals surface area contributed by atoms with Crippen molar-refractivity contribution in [3.63, 3.8) is 0 Å². The van der Waals surface area contributed by atoms with E-state index in [1.165, 1.54) is 36.9 Å². The molecular formula is C16H27N3. The summed E-state index contributed by atoms with van der Waals surface area (Å²) in [6, 6.07) is 0. The molecule has 0 bridgehead atoms. The van der Waals surface area contributed by atoms with Crippen LogP contribution in [-0.2, 0) is 6.42 Å². The number of hydrogen-bond acceptors (Lipinski definition) is 3. The SMILES string of the molecule is CCNc1nc(C2CCC(CC)C2)nc(CC)c1C. The smallest absolute Gasteiger partial charge is 0.134 e. The summed E-state index contributed by atoms with van der Waals surface area (Å²) in [7, 11) is 0. The van der Waals surface area contributed by atoms with Crippen molar-refractivity contribution in [3.05, 3.63) is 17.1 Å². The Balaban J connectivity index is 2.27. The first-order chi connectivity index (χ1) is 9.19. The molecular weight excluding hydrogens is 234 g/mol. The van der Waals surface area contributed by atoms with Gasteiger partial charge in [-0.15, -0.1) is 0 Å². The largest absolute Gasteiger partial charge is 0.370 e. The van der Waals surface area contributed by atoms with E-state index in [4.69, 9.17) is 9.97 Å².